The fraction of sp³-hybridized carbons (Fsp3) is 0.625. The van der Waals surface area contributed by atoms with Gasteiger partial charge in [0.25, 0.3) is 0 Å². The Morgan fingerprint density at radius 3 is 2.39 bits per heavy atom. The van der Waals surface area contributed by atoms with E-state index in [2.05, 4.69) is 24.3 Å². The molecule has 3 N–H and O–H groups in total. The van der Waals surface area contributed by atoms with Gasteiger partial charge < -0.3 is 10.8 Å². The van der Waals surface area contributed by atoms with Gasteiger partial charge in [-0.25, -0.2) is 0 Å². The van der Waals surface area contributed by atoms with Crippen LogP contribution in [0.25, 0.3) is 0 Å². The van der Waals surface area contributed by atoms with Crippen molar-refractivity contribution in [2.45, 2.75) is 56.9 Å². The Labute approximate surface area is 110 Å². The number of nitrogens with two attached hydrogens (primary N) is 1. The number of hydrogen-bond donors (Lipinski definition) is 2. The monoisotopic (exact) mass is 247 g/mol. The molecule has 18 heavy (non-hydrogen) atoms. The third kappa shape index (κ3) is 3.56. The van der Waals surface area contributed by atoms with Crippen LogP contribution in [0.5, 0.6) is 0 Å². The van der Waals surface area contributed by atoms with Crippen molar-refractivity contribution in [3.05, 3.63) is 35.4 Å². The summed E-state index contributed by atoms with van der Waals surface area (Å²) in [6.07, 6.45) is 8.49. The molecule has 1 aromatic rings. The molecular weight excluding hydrogens is 222 g/mol. The highest BCUT2D eigenvalue weighted by Crippen LogP contribution is 2.33. The van der Waals surface area contributed by atoms with Crippen LogP contribution in [0.2, 0.25) is 0 Å². The molecular formula is C16H25NO. The van der Waals surface area contributed by atoms with E-state index in [4.69, 9.17) is 10.8 Å². The maximum absolute atomic E-state index is 8.82. The van der Waals surface area contributed by atoms with Gasteiger partial charge in [-0.15, -0.1) is 0 Å². The van der Waals surface area contributed by atoms with Crippen LogP contribution < -0.4 is 5.73 Å². The molecule has 0 heterocycles. The Morgan fingerprint density at radius 1 is 1.11 bits per heavy atom. The molecule has 1 atom stereocenters. The minimum Gasteiger partial charge on any atom is -0.396 e. The van der Waals surface area contributed by atoms with Crippen molar-refractivity contribution >= 4 is 0 Å². The first-order valence-corrected chi connectivity index (χ1v) is 7.27. The summed E-state index contributed by atoms with van der Waals surface area (Å²) in [7, 11) is 0. The average molecular weight is 247 g/mol. The maximum Gasteiger partial charge on any atom is 0.0431 e. The van der Waals surface area contributed by atoms with E-state index in [1.165, 1.54) is 43.2 Å². The molecule has 0 aliphatic heterocycles. The normalized spacial score (nSPS) is 18.8. The lowest BCUT2D eigenvalue weighted by Gasteiger charge is -2.22. The summed E-state index contributed by atoms with van der Waals surface area (Å²) in [5.74, 6) is 0.765. The van der Waals surface area contributed by atoms with Gasteiger partial charge >= 0.3 is 0 Å². The molecule has 0 bridgehead atoms. The average Bonchev–Trinajstić information content (AvgIpc) is 2.46. The molecule has 0 radical (unpaired) electrons. The van der Waals surface area contributed by atoms with Crippen molar-refractivity contribution in [3.8, 4) is 0 Å². The summed E-state index contributed by atoms with van der Waals surface area (Å²) in [4.78, 5) is 0. The molecule has 1 saturated carbocycles. The van der Waals surface area contributed by atoms with Crippen LogP contribution in [0.1, 0.15) is 68.0 Å². The predicted octanol–water partition coefficient (Wildman–Crippen LogP) is 3.51. The molecule has 1 aliphatic carbocycles. The fourth-order valence-corrected chi connectivity index (χ4v) is 2.93. The SMILES string of the molecule is NC(CCCO)c1ccc(C2CCCCC2)cc1. The van der Waals surface area contributed by atoms with E-state index in [0.717, 1.165) is 18.8 Å². The molecule has 0 amide bonds. The molecule has 2 nitrogen and oxygen atoms in total. The van der Waals surface area contributed by atoms with Gasteiger partial charge in [0.05, 0.1) is 0 Å². The van der Waals surface area contributed by atoms with Crippen LogP contribution in [-0.4, -0.2) is 11.7 Å². The van der Waals surface area contributed by atoms with Crippen LogP contribution in [0.4, 0.5) is 0 Å². The Morgan fingerprint density at radius 2 is 1.78 bits per heavy atom. The fourth-order valence-electron chi connectivity index (χ4n) is 2.93. The molecule has 1 unspecified atom stereocenters. The molecule has 1 aliphatic rings. The number of rotatable bonds is 5. The second-order valence-electron chi connectivity index (χ2n) is 5.47. The lowest BCUT2D eigenvalue weighted by Crippen LogP contribution is -2.11. The molecule has 2 rings (SSSR count). The van der Waals surface area contributed by atoms with Crippen LogP contribution in [0.3, 0.4) is 0 Å². The number of aliphatic hydroxyl groups excluding tert-OH is 1. The summed E-state index contributed by atoms with van der Waals surface area (Å²) in [5.41, 5.74) is 8.78. The van der Waals surface area contributed by atoms with E-state index < -0.39 is 0 Å². The zero-order valence-corrected chi connectivity index (χ0v) is 11.1. The van der Waals surface area contributed by atoms with E-state index in [-0.39, 0.29) is 12.6 Å². The molecule has 100 valence electrons. The molecule has 1 fully saturated rings. The lowest BCUT2D eigenvalue weighted by molar-refractivity contribution is 0.280. The van der Waals surface area contributed by atoms with Crippen LogP contribution >= 0.6 is 0 Å². The smallest absolute Gasteiger partial charge is 0.0431 e. The third-order valence-electron chi connectivity index (χ3n) is 4.11. The first-order chi connectivity index (χ1) is 8.81. The standard InChI is InChI=1S/C16H25NO/c17-16(7-4-12-18)15-10-8-14(9-11-15)13-5-2-1-3-6-13/h8-11,13,16,18H,1-7,12,17H2. The topological polar surface area (TPSA) is 46.2 Å². The van der Waals surface area contributed by atoms with Crippen molar-refractivity contribution in [2.75, 3.05) is 6.61 Å². The quantitative estimate of drug-likeness (QED) is 0.836. The highest BCUT2D eigenvalue weighted by molar-refractivity contribution is 5.27. The van der Waals surface area contributed by atoms with Gasteiger partial charge in [0.2, 0.25) is 0 Å². The minimum atomic E-state index is 0.0672. The third-order valence-corrected chi connectivity index (χ3v) is 4.11. The highest BCUT2D eigenvalue weighted by atomic mass is 16.2. The van der Waals surface area contributed by atoms with Crippen molar-refractivity contribution in [1.82, 2.24) is 0 Å². The van der Waals surface area contributed by atoms with Gasteiger partial charge in [-0.2, -0.15) is 0 Å². The van der Waals surface area contributed by atoms with E-state index in [1.807, 2.05) is 0 Å². The molecule has 0 spiro atoms. The van der Waals surface area contributed by atoms with Gasteiger partial charge in [0.15, 0.2) is 0 Å². The lowest BCUT2D eigenvalue weighted by atomic mass is 9.83. The van der Waals surface area contributed by atoms with Crippen LogP contribution in [0.15, 0.2) is 24.3 Å². The van der Waals surface area contributed by atoms with Crippen molar-refractivity contribution in [2.24, 2.45) is 5.73 Å². The number of hydrogen-bond acceptors (Lipinski definition) is 2. The van der Waals surface area contributed by atoms with Gasteiger partial charge in [0, 0.05) is 12.6 Å². The van der Waals surface area contributed by atoms with Crippen LogP contribution in [0, 0.1) is 0 Å². The van der Waals surface area contributed by atoms with E-state index in [1.54, 1.807) is 0 Å². The van der Waals surface area contributed by atoms with Gasteiger partial charge in [-0.3, -0.25) is 0 Å². The second kappa shape index (κ2) is 6.91. The second-order valence-corrected chi connectivity index (χ2v) is 5.47. The maximum atomic E-state index is 8.82. The zero-order chi connectivity index (χ0) is 12.8. The largest absolute Gasteiger partial charge is 0.396 e. The first kappa shape index (κ1) is 13.6. The van der Waals surface area contributed by atoms with E-state index in [0.29, 0.717) is 0 Å². The summed E-state index contributed by atoms with van der Waals surface area (Å²) in [6, 6.07) is 8.92. The van der Waals surface area contributed by atoms with E-state index >= 15 is 0 Å². The van der Waals surface area contributed by atoms with E-state index in [9.17, 15) is 0 Å². The van der Waals surface area contributed by atoms with Gasteiger partial charge in [-0.05, 0) is 42.7 Å². The number of benzene rings is 1. The summed E-state index contributed by atoms with van der Waals surface area (Å²) < 4.78 is 0. The van der Waals surface area contributed by atoms with Crippen molar-refractivity contribution in [3.63, 3.8) is 0 Å². The Kier molecular flexibility index (Phi) is 5.21. The van der Waals surface area contributed by atoms with Gasteiger partial charge in [0.1, 0.15) is 0 Å². The zero-order valence-electron chi connectivity index (χ0n) is 11.1. The summed E-state index contributed by atoms with van der Waals surface area (Å²) in [5, 5.41) is 8.82. The van der Waals surface area contributed by atoms with Crippen molar-refractivity contribution in [1.29, 1.82) is 0 Å². The Hall–Kier alpha value is -0.860. The molecule has 0 saturated heterocycles. The Bertz CT molecular complexity index is 341. The molecule has 2 heteroatoms. The molecule has 1 aromatic carbocycles. The summed E-state index contributed by atoms with van der Waals surface area (Å²) in [6.45, 7) is 0.230. The van der Waals surface area contributed by atoms with Crippen LogP contribution in [-0.2, 0) is 0 Å². The van der Waals surface area contributed by atoms with Crippen molar-refractivity contribution < 1.29 is 5.11 Å². The number of aliphatic hydroxyl groups is 1. The van der Waals surface area contributed by atoms with Gasteiger partial charge in [-0.1, -0.05) is 43.5 Å². The minimum absolute atomic E-state index is 0.0672. The predicted molar refractivity (Wildman–Crippen MR) is 75.5 cm³/mol. The Balaban J connectivity index is 1.95. The molecule has 0 aromatic heterocycles. The summed E-state index contributed by atoms with van der Waals surface area (Å²) >= 11 is 0. The highest BCUT2D eigenvalue weighted by Gasteiger charge is 2.15. The first-order valence-electron chi connectivity index (χ1n) is 7.27.